The third-order valence-corrected chi connectivity index (χ3v) is 4.16. The van der Waals surface area contributed by atoms with Crippen molar-refractivity contribution in [3.8, 4) is 0 Å². The van der Waals surface area contributed by atoms with Crippen molar-refractivity contribution in [2.45, 2.75) is 51.6 Å². The van der Waals surface area contributed by atoms with Gasteiger partial charge in [0.15, 0.2) is 5.82 Å². The van der Waals surface area contributed by atoms with Crippen LogP contribution in [-0.4, -0.2) is 20.7 Å². The fourth-order valence-corrected chi connectivity index (χ4v) is 2.98. The molecule has 2 aromatic heterocycles. The van der Waals surface area contributed by atoms with Crippen LogP contribution in [0.3, 0.4) is 0 Å². The molecule has 1 N–H and O–H groups in total. The Morgan fingerprint density at radius 2 is 2.24 bits per heavy atom. The predicted molar refractivity (Wildman–Crippen MR) is 76.9 cm³/mol. The average Bonchev–Trinajstić information content (AvgIpc) is 3.19. The van der Waals surface area contributed by atoms with E-state index in [2.05, 4.69) is 20.1 Å². The maximum atomic E-state index is 12.2. The molecule has 0 bridgehead atoms. The first-order valence-corrected chi connectivity index (χ1v) is 7.41. The van der Waals surface area contributed by atoms with Gasteiger partial charge in [0.1, 0.15) is 12.1 Å². The molecule has 112 valence electrons. The van der Waals surface area contributed by atoms with Crippen molar-refractivity contribution < 1.29 is 9.21 Å². The minimum Gasteiger partial charge on any atom is -0.469 e. The van der Waals surface area contributed by atoms with E-state index < -0.39 is 0 Å². The predicted octanol–water partition coefficient (Wildman–Crippen LogP) is 2.79. The fraction of sp³-hybridized carbons (Fsp3) is 0.533. The average molecular weight is 288 g/mol. The van der Waals surface area contributed by atoms with Crippen molar-refractivity contribution in [2.75, 3.05) is 0 Å². The summed E-state index contributed by atoms with van der Waals surface area (Å²) in [6.45, 7) is 3.71. The lowest BCUT2D eigenvalue weighted by molar-refractivity contribution is 0.0935. The molecule has 0 aromatic carbocycles. The Balaban J connectivity index is 1.74. The summed E-state index contributed by atoms with van der Waals surface area (Å²) >= 11 is 0. The molecule has 6 nitrogen and oxygen atoms in total. The molecule has 1 saturated carbocycles. The number of hydrogen-bond acceptors (Lipinski definition) is 4. The minimum atomic E-state index is -0.185. The van der Waals surface area contributed by atoms with E-state index >= 15 is 0 Å². The highest BCUT2D eigenvalue weighted by Gasteiger charge is 2.24. The highest BCUT2D eigenvalue weighted by Crippen LogP contribution is 2.31. The van der Waals surface area contributed by atoms with Crippen molar-refractivity contribution >= 4 is 5.91 Å². The molecule has 1 fully saturated rings. The van der Waals surface area contributed by atoms with Crippen molar-refractivity contribution in [2.24, 2.45) is 0 Å². The van der Waals surface area contributed by atoms with Gasteiger partial charge in [-0.05, 0) is 32.8 Å². The highest BCUT2D eigenvalue weighted by molar-refractivity contribution is 5.95. The molecule has 1 aliphatic rings. The van der Waals surface area contributed by atoms with Gasteiger partial charge in [0, 0.05) is 6.04 Å². The Hall–Kier alpha value is -2.11. The number of aromatic nitrogens is 3. The number of rotatable bonds is 4. The van der Waals surface area contributed by atoms with Crippen molar-refractivity contribution in [1.29, 1.82) is 0 Å². The van der Waals surface area contributed by atoms with Crippen LogP contribution in [0.15, 0.2) is 23.1 Å². The summed E-state index contributed by atoms with van der Waals surface area (Å²) in [6.07, 6.45) is 8.11. The number of hydrogen-bond donors (Lipinski definition) is 1. The molecule has 0 radical (unpaired) electrons. The second-order valence-corrected chi connectivity index (χ2v) is 5.62. The van der Waals surface area contributed by atoms with Crippen LogP contribution in [0.5, 0.6) is 0 Å². The van der Waals surface area contributed by atoms with E-state index in [4.69, 9.17) is 4.42 Å². The van der Waals surface area contributed by atoms with E-state index in [-0.39, 0.29) is 11.9 Å². The Labute approximate surface area is 123 Å². The van der Waals surface area contributed by atoms with Gasteiger partial charge < -0.3 is 14.3 Å². The molecule has 6 heteroatoms. The van der Waals surface area contributed by atoms with Crippen LogP contribution < -0.4 is 5.32 Å². The van der Waals surface area contributed by atoms with Gasteiger partial charge in [-0.15, -0.1) is 10.2 Å². The van der Waals surface area contributed by atoms with Crippen molar-refractivity contribution in [1.82, 2.24) is 20.1 Å². The van der Waals surface area contributed by atoms with Crippen LogP contribution in [-0.2, 0) is 0 Å². The van der Waals surface area contributed by atoms with E-state index in [1.165, 1.54) is 19.1 Å². The molecule has 1 amide bonds. The molecule has 1 atom stereocenters. The third-order valence-electron chi connectivity index (χ3n) is 4.16. The van der Waals surface area contributed by atoms with Crippen LogP contribution in [0.1, 0.15) is 66.6 Å². The topological polar surface area (TPSA) is 73.0 Å². The fourth-order valence-electron chi connectivity index (χ4n) is 2.98. The summed E-state index contributed by atoms with van der Waals surface area (Å²) in [6, 6.07) is 1.96. The molecule has 0 aliphatic heterocycles. The third kappa shape index (κ3) is 2.70. The Morgan fingerprint density at radius 3 is 2.90 bits per heavy atom. The smallest absolute Gasteiger partial charge is 0.255 e. The standard InChI is InChI=1S/C15H20N4O2/c1-10(17-15(20)13-7-8-21-11(13)2)14-18-16-9-19(14)12-5-3-4-6-12/h7-10,12H,3-6H2,1-2H3,(H,17,20). The normalized spacial score (nSPS) is 17.0. The van der Waals surface area contributed by atoms with Crippen molar-refractivity contribution in [3.05, 3.63) is 35.8 Å². The number of aryl methyl sites for hydroxylation is 1. The van der Waals surface area contributed by atoms with Gasteiger partial charge in [0.2, 0.25) is 0 Å². The number of carbonyl (C=O) groups excluding carboxylic acids is 1. The molecule has 0 spiro atoms. The quantitative estimate of drug-likeness (QED) is 0.939. The Kier molecular flexibility index (Phi) is 3.77. The molecular formula is C15H20N4O2. The summed E-state index contributed by atoms with van der Waals surface area (Å²) in [7, 11) is 0. The largest absolute Gasteiger partial charge is 0.469 e. The van der Waals surface area contributed by atoms with Crippen LogP contribution in [0, 0.1) is 6.92 Å². The first-order valence-electron chi connectivity index (χ1n) is 7.41. The zero-order chi connectivity index (χ0) is 14.8. The van der Waals surface area contributed by atoms with E-state index in [9.17, 15) is 4.79 Å². The first-order chi connectivity index (χ1) is 10.2. The van der Waals surface area contributed by atoms with E-state index in [1.807, 2.05) is 6.92 Å². The lowest BCUT2D eigenvalue weighted by atomic mass is 10.2. The minimum absolute atomic E-state index is 0.144. The van der Waals surface area contributed by atoms with Gasteiger partial charge >= 0.3 is 0 Å². The maximum Gasteiger partial charge on any atom is 0.255 e. The Bertz CT molecular complexity index is 625. The number of nitrogens with one attached hydrogen (secondary N) is 1. The maximum absolute atomic E-state index is 12.2. The van der Waals surface area contributed by atoms with Gasteiger partial charge in [-0.25, -0.2) is 0 Å². The van der Waals surface area contributed by atoms with Gasteiger partial charge in [-0.1, -0.05) is 12.8 Å². The lowest BCUT2D eigenvalue weighted by Gasteiger charge is -2.18. The summed E-state index contributed by atoms with van der Waals surface area (Å²) in [4.78, 5) is 12.2. The zero-order valence-corrected chi connectivity index (χ0v) is 12.4. The number of nitrogens with zero attached hydrogens (tertiary/aromatic N) is 3. The SMILES string of the molecule is Cc1occc1C(=O)NC(C)c1nncn1C1CCCC1. The number of amides is 1. The lowest BCUT2D eigenvalue weighted by Crippen LogP contribution is -2.29. The van der Waals surface area contributed by atoms with Gasteiger partial charge in [0.25, 0.3) is 5.91 Å². The molecule has 21 heavy (non-hydrogen) atoms. The molecular weight excluding hydrogens is 268 g/mol. The van der Waals surface area contributed by atoms with Crippen LogP contribution >= 0.6 is 0 Å². The molecule has 0 saturated heterocycles. The van der Waals surface area contributed by atoms with Crippen LogP contribution in [0.2, 0.25) is 0 Å². The van der Waals surface area contributed by atoms with Gasteiger partial charge in [-0.2, -0.15) is 0 Å². The van der Waals surface area contributed by atoms with Gasteiger partial charge in [-0.3, -0.25) is 4.79 Å². The van der Waals surface area contributed by atoms with E-state index in [1.54, 1.807) is 19.3 Å². The van der Waals surface area contributed by atoms with Crippen molar-refractivity contribution in [3.63, 3.8) is 0 Å². The Morgan fingerprint density at radius 1 is 1.48 bits per heavy atom. The molecule has 2 heterocycles. The number of carbonyl (C=O) groups is 1. The molecule has 2 aromatic rings. The van der Waals surface area contributed by atoms with Crippen LogP contribution in [0.25, 0.3) is 0 Å². The summed E-state index contributed by atoms with van der Waals surface area (Å²) in [5, 5.41) is 11.2. The summed E-state index contributed by atoms with van der Waals surface area (Å²) in [5.41, 5.74) is 0.564. The first kappa shape index (κ1) is 13.9. The van der Waals surface area contributed by atoms with E-state index in [0.717, 1.165) is 18.7 Å². The summed E-state index contributed by atoms with van der Waals surface area (Å²) in [5.74, 6) is 1.29. The second-order valence-electron chi connectivity index (χ2n) is 5.62. The monoisotopic (exact) mass is 288 g/mol. The second kappa shape index (κ2) is 5.71. The molecule has 1 unspecified atom stereocenters. The summed E-state index contributed by atoms with van der Waals surface area (Å²) < 4.78 is 7.28. The molecule has 1 aliphatic carbocycles. The van der Waals surface area contributed by atoms with Gasteiger partial charge in [0.05, 0.1) is 17.9 Å². The molecule has 3 rings (SSSR count). The highest BCUT2D eigenvalue weighted by atomic mass is 16.3. The van der Waals surface area contributed by atoms with E-state index in [0.29, 0.717) is 17.4 Å². The number of furan rings is 1. The van der Waals surface area contributed by atoms with Crippen LogP contribution in [0.4, 0.5) is 0 Å². The zero-order valence-electron chi connectivity index (χ0n) is 12.4.